The Balaban J connectivity index is 2.10. The number of hydrogen-bond acceptors (Lipinski definition) is 0. The molecule has 1 aromatic rings. The van der Waals surface area contributed by atoms with Gasteiger partial charge < -0.3 is 0 Å². The lowest BCUT2D eigenvalue weighted by molar-refractivity contribution is 0.395. The second-order valence-corrected chi connectivity index (χ2v) is 13.0. The zero-order valence-electron chi connectivity index (χ0n) is 13.9. The Bertz CT molecular complexity index is 651. The summed E-state index contributed by atoms with van der Waals surface area (Å²) in [7, 11) is -1.31. The van der Waals surface area contributed by atoms with Gasteiger partial charge in [-0.15, -0.1) is 0 Å². The van der Waals surface area contributed by atoms with Crippen molar-refractivity contribution in [2.24, 2.45) is 5.41 Å². The first kappa shape index (κ1) is 14.6. The van der Waals surface area contributed by atoms with Gasteiger partial charge in [0.2, 0.25) is 0 Å². The van der Waals surface area contributed by atoms with Crippen LogP contribution in [0.25, 0.3) is 5.20 Å². The van der Waals surface area contributed by atoms with Crippen molar-refractivity contribution in [2.75, 3.05) is 0 Å². The van der Waals surface area contributed by atoms with E-state index >= 15 is 0 Å². The van der Waals surface area contributed by atoms with Gasteiger partial charge in [-0.2, -0.15) is 0 Å². The molecule has 0 bridgehead atoms. The SMILES string of the molecule is CC(C)(C1=CC=CC1)C1C=C([Si](C)(C)C)c2ccccc21. The molecule has 0 saturated heterocycles. The fraction of sp³-hybridized carbons (Fsp3) is 0.400. The van der Waals surface area contributed by atoms with Crippen LogP contribution in [-0.2, 0) is 0 Å². The Hall–Kier alpha value is -1.34. The summed E-state index contributed by atoms with van der Waals surface area (Å²) in [4.78, 5) is 0. The van der Waals surface area contributed by atoms with E-state index in [0.717, 1.165) is 6.42 Å². The molecule has 3 rings (SSSR count). The van der Waals surface area contributed by atoms with E-state index in [1.54, 1.807) is 10.8 Å². The van der Waals surface area contributed by atoms with Crippen molar-refractivity contribution in [1.82, 2.24) is 0 Å². The van der Waals surface area contributed by atoms with Crippen molar-refractivity contribution in [3.8, 4) is 0 Å². The molecule has 0 radical (unpaired) electrons. The van der Waals surface area contributed by atoms with Gasteiger partial charge in [-0.3, -0.25) is 0 Å². The maximum absolute atomic E-state index is 2.59. The minimum absolute atomic E-state index is 0.195. The summed E-state index contributed by atoms with van der Waals surface area (Å²) in [5.41, 5.74) is 4.81. The van der Waals surface area contributed by atoms with Crippen LogP contribution >= 0.6 is 0 Å². The number of fused-ring (bicyclic) bond motifs is 1. The van der Waals surface area contributed by atoms with Crippen LogP contribution in [0.4, 0.5) is 0 Å². The van der Waals surface area contributed by atoms with Crippen LogP contribution in [-0.4, -0.2) is 8.07 Å². The highest BCUT2D eigenvalue weighted by Gasteiger charge is 2.40. The molecule has 1 aromatic carbocycles. The second-order valence-electron chi connectivity index (χ2n) is 7.94. The fourth-order valence-corrected chi connectivity index (χ4v) is 5.44. The molecule has 110 valence electrons. The summed E-state index contributed by atoms with van der Waals surface area (Å²) in [6, 6.07) is 9.06. The predicted octanol–water partition coefficient (Wildman–Crippen LogP) is 5.96. The fourth-order valence-electron chi connectivity index (χ4n) is 3.74. The first-order chi connectivity index (χ1) is 9.82. The van der Waals surface area contributed by atoms with Crippen LogP contribution in [0.3, 0.4) is 0 Å². The average molecular weight is 295 g/mol. The zero-order chi connectivity index (χ0) is 15.3. The normalized spacial score (nSPS) is 21.3. The molecule has 21 heavy (non-hydrogen) atoms. The summed E-state index contributed by atoms with van der Waals surface area (Å²) >= 11 is 0. The minimum atomic E-state index is -1.31. The summed E-state index contributed by atoms with van der Waals surface area (Å²) in [5, 5.41) is 1.64. The van der Waals surface area contributed by atoms with Crippen molar-refractivity contribution >= 4 is 13.3 Å². The maximum atomic E-state index is 2.59. The highest BCUT2D eigenvalue weighted by molar-refractivity contribution is 6.93. The largest absolute Gasteiger partial charge is 0.0804 e. The van der Waals surface area contributed by atoms with Crippen LogP contribution in [0.15, 0.2) is 54.1 Å². The van der Waals surface area contributed by atoms with Crippen molar-refractivity contribution in [3.05, 3.63) is 65.3 Å². The van der Waals surface area contributed by atoms with Crippen molar-refractivity contribution in [1.29, 1.82) is 0 Å². The van der Waals surface area contributed by atoms with Crippen molar-refractivity contribution in [3.63, 3.8) is 0 Å². The van der Waals surface area contributed by atoms with E-state index in [2.05, 4.69) is 82.1 Å². The number of benzene rings is 1. The van der Waals surface area contributed by atoms with Gasteiger partial charge in [-0.25, -0.2) is 0 Å². The van der Waals surface area contributed by atoms with Crippen molar-refractivity contribution in [2.45, 2.75) is 45.8 Å². The Kier molecular flexibility index (Phi) is 3.36. The van der Waals surface area contributed by atoms with E-state index in [1.165, 1.54) is 11.1 Å². The molecule has 0 N–H and O–H groups in total. The molecule has 0 amide bonds. The van der Waals surface area contributed by atoms with Crippen molar-refractivity contribution < 1.29 is 0 Å². The third-order valence-electron chi connectivity index (χ3n) is 5.10. The molecule has 0 fully saturated rings. The maximum Gasteiger partial charge on any atom is 0.0780 e. The Morgan fingerprint density at radius 3 is 2.43 bits per heavy atom. The molecule has 1 atom stereocenters. The van der Waals surface area contributed by atoms with Gasteiger partial charge in [0.15, 0.2) is 0 Å². The van der Waals surface area contributed by atoms with E-state index in [1.807, 2.05) is 0 Å². The molecule has 1 heteroatoms. The topological polar surface area (TPSA) is 0 Å². The van der Waals surface area contributed by atoms with Gasteiger partial charge in [0.05, 0.1) is 8.07 Å². The van der Waals surface area contributed by atoms with E-state index in [0.29, 0.717) is 5.92 Å². The van der Waals surface area contributed by atoms with Crippen LogP contribution in [0.1, 0.15) is 37.3 Å². The molecule has 0 saturated carbocycles. The molecule has 2 aliphatic carbocycles. The van der Waals surface area contributed by atoms with Gasteiger partial charge in [0, 0.05) is 5.92 Å². The minimum Gasteiger partial charge on any atom is -0.0804 e. The summed E-state index contributed by atoms with van der Waals surface area (Å²) in [6.45, 7) is 12.2. The molecule has 0 aliphatic heterocycles. The highest BCUT2D eigenvalue weighted by Crippen LogP contribution is 2.52. The van der Waals surface area contributed by atoms with E-state index in [4.69, 9.17) is 0 Å². The molecule has 1 unspecified atom stereocenters. The standard InChI is InChI=1S/C20H26Si/c1-20(2,15-10-6-7-11-15)18-14-19(21(3,4)5)17-13-9-8-12-16(17)18/h6-10,12-14,18H,11H2,1-5H3. The summed E-state index contributed by atoms with van der Waals surface area (Å²) < 4.78 is 0. The molecular weight excluding hydrogens is 268 g/mol. The molecule has 0 spiro atoms. The van der Waals surface area contributed by atoms with E-state index < -0.39 is 8.07 Å². The van der Waals surface area contributed by atoms with Crippen LogP contribution in [0.2, 0.25) is 19.6 Å². The Morgan fingerprint density at radius 1 is 1.10 bits per heavy atom. The molecule has 0 heterocycles. The van der Waals surface area contributed by atoms with Crippen LogP contribution < -0.4 is 0 Å². The lowest BCUT2D eigenvalue weighted by atomic mass is 9.70. The number of allylic oxidation sites excluding steroid dienone is 5. The van der Waals surface area contributed by atoms with Gasteiger partial charge in [0.25, 0.3) is 0 Å². The molecule has 0 nitrogen and oxygen atoms in total. The lowest BCUT2D eigenvalue weighted by Crippen LogP contribution is -2.22. The second kappa shape index (κ2) is 4.84. The first-order valence-corrected chi connectivity index (χ1v) is 11.5. The average Bonchev–Trinajstić information content (AvgIpc) is 3.06. The van der Waals surface area contributed by atoms with Gasteiger partial charge >= 0.3 is 0 Å². The molecular formula is C20H26Si. The smallest absolute Gasteiger partial charge is 0.0780 e. The molecule has 2 aliphatic rings. The summed E-state index contributed by atoms with van der Waals surface area (Å²) in [5.74, 6) is 0.515. The summed E-state index contributed by atoms with van der Waals surface area (Å²) in [6.07, 6.45) is 10.5. The predicted molar refractivity (Wildman–Crippen MR) is 96.1 cm³/mol. The number of rotatable bonds is 3. The Labute approximate surface area is 130 Å². The van der Waals surface area contributed by atoms with Gasteiger partial charge in [-0.05, 0) is 23.0 Å². The highest BCUT2D eigenvalue weighted by atomic mass is 28.3. The third-order valence-corrected chi connectivity index (χ3v) is 7.16. The molecule has 0 aromatic heterocycles. The van der Waals surface area contributed by atoms with E-state index in [-0.39, 0.29) is 5.41 Å². The lowest BCUT2D eigenvalue weighted by Gasteiger charge is -2.33. The monoisotopic (exact) mass is 294 g/mol. The third kappa shape index (κ3) is 2.38. The van der Waals surface area contributed by atoms with Crippen LogP contribution in [0, 0.1) is 5.41 Å². The zero-order valence-corrected chi connectivity index (χ0v) is 14.9. The van der Waals surface area contributed by atoms with Gasteiger partial charge in [-0.1, -0.05) is 92.8 Å². The van der Waals surface area contributed by atoms with E-state index in [9.17, 15) is 0 Å². The van der Waals surface area contributed by atoms with Crippen LogP contribution in [0.5, 0.6) is 0 Å². The first-order valence-electron chi connectivity index (χ1n) is 7.99. The van der Waals surface area contributed by atoms with Gasteiger partial charge in [0.1, 0.15) is 0 Å². The quantitative estimate of drug-likeness (QED) is 0.604. The Morgan fingerprint density at radius 2 is 1.81 bits per heavy atom. The number of hydrogen-bond donors (Lipinski definition) is 0.